The Labute approximate surface area is 153 Å². The van der Waals surface area contributed by atoms with Crippen LogP contribution >= 0.6 is 0 Å². The van der Waals surface area contributed by atoms with E-state index in [0.29, 0.717) is 18.7 Å². The van der Waals surface area contributed by atoms with Crippen LogP contribution in [0.5, 0.6) is 0 Å². The minimum atomic E-state index is -1.10. The van der Waals surface area contributed by atoms with Gasteiger partial charge in [0.15, 0.2) is 18.2 Å². The third kappa shape index (κ3) is 4.46. The normalized spacial score (nSPS) is 13.6. The first-order valence-electron chi connectivity index (χ1n) is 8.26. The number of carbonyl (C=O) groups excluding carboxylic acids is 3. The van der Waals surface area contributed by atoms with Gasteiger partial charge in [0.25, 0.3) is 5.91 Å². The smallest absolute Gasteiger partial charge is 0.338 e. The molecule has 2 amide bonds. The lowest BCUT2D eigenvalue weighted by Crippen LogP contribution is -2.23. The Morgan fingerprint density at radius 2 is 1.81 bits per heavy atom. The zero-order chi connectivity index (χ0) is 19.4. The molecule has 1 saturated heterocycles. The van der Waals surface area contributed by atoms with E-state index in [2.05, 4.69) is 5.32 Å². The lowest BCUT2D eigenvalue weighted by atomic mass is 10.2. The van der Waals surface area contributed by atoms with Crippen molar-refractivity contribution in [2.24, 2.45) is 0 Å². The number of esters is 1. The Morgan fingerprint density at radius 3 is 2.44 bits per heavy atom. The van der Waals surface area contributed by atoms with Gasteiger partial charge in [-0.3, -0.25) is 9.59 Å². The Hall–Kier alpha value is -3.29. The zero-order valence-electron chi connectivity index (χ0n) is 14.2. The van der Waals surface area contributed by atoms with Crippen LogP contribution in [-0.2, 0) is 14.3 Å². The Morgan fingerprint density at radius 1 is 1.07 bits per heavy atom. The van der Waals surface area contributed by atoms with E-state index in [1.807, 2.05) is 0 Å². The minimum Gasteiger partial charge on any atom is -0.452 e. The highest BCUT2D eigenvalue weighted by atomic mass is 19.2. The molecule has 1 aliphatic heterocycles. The molecular formula is C19H16F2N2O4. The molecule has 0 aliphatic carbocycles. The minimum absolute atomic E-state index is 0.0410. The summed E-state index contributed by atoms with van der Waals surface area (Å²) in [5, 5.41) is 2.30. The monoisotopic (exact) mass is 374 g/mol. The van der Waals surface area contributed by atoms with Gasteiger partial charge >= 0.3 is 5.97 Å². The second kappa shape index (κ2) is 7.94. The average molecular weight is 374 g/mol. The summed E-state index contributed by atoms with van der Waals surface area (Å²) < 4.78 is 30.8. The van der Waals surface area contributed by atoms with Gasteiger partial charge in [0.05, 0.1) is 5.56 Å². The van der Waals surface area contributed by atoms with E-state index in [1.54, 1.807) is 17.0 Å². The Balaban J connectivity index is 1.53. The number of amides is 2. The maximum Gasteiger partial charge on any atom is 0.338 e. The number of hydrogen-bond acceptors (Lipinski definition) is 4. The van der Waals surface area contributed by atoms with E-state index in [-0.39, 0.29) is 17.2 Å². The van der Waals surface area contributed by atoms with Crippen LogP contribution in [0, 0.1) is 11.6 Å². The van der Waals surface area contributed by atoms with Gasteiger partial charge in [0, 0.05) is 30.4 Å². The third-order valence-electron chi connectivity index (χ3n) is 4.03. The van der Waals surface area contributed by atoms with Crippen LogP contribution in [0.1, 0.15) is 23.2 Å². The van der Waals surface area contributed by atoms with Gasteiger partial charge in [0.2, 0.25) is 5.91 Å². The van der Waals surface area contributed by atoms with Crippen LogP contribution in [0.3, 0.4) is 0 Å². The number of hydrogen-bond donors (Lipinski definition) is 1. The summed E-state index contributed by atoms with van der Waals surface area (Å²) in [4.78, 5) is 37.1. The molecule has 6 nitrogen and oxygen atoms in total. The first-order valence-corrected chi connectivity index (χ1v) is 8.26. The highest BCUT2D eigenvalue weighted by molar-refractivity contribution is 5.97. The molecule has 140 valence electrons. The number of halogens is 2. The van der Waals surface area contributed by atoms with Crippen molar-refractivity contribution in [1.82, 2.24) is 0 Å². The van der Waals surface area contributed by atoms with Gasteiger partial charge in [-0.15, -0.1) is 0 Å². The third-order valence-corrected chi connectivity index (χ3v) is 4.03. The number of ether oxygens (including phenoxy) is 1. The standard InChI is InChI=1S/C19H16F2N2O4/c20-15-8-5-13(10-16(15)21)22-17(24)11-27-19(26)12-3-6-14(7-4-12)23-9-1-2-18(23)25/h3-8,10H,1-2,9,11H2,(H,22,24). The van der Waals surface area contributed by atoms with Crippen LogP contribution < -0.4 is 10.2 Å². The zero-order valence-corrected chi connectivity index (χ0v) is 14.2. The van der Waals surface area contributed by atoms with Gasteiger partial charge in [-0.05, 0) is 42.8 Å². The molecule has 0 saturated carbocycles. The van der Waals surface area contributed by atoms with Crippen LogP contribution in [0.25, 0.3) is 0 Å². The molecule has 1 N–H and O–H groups in total. The second-order valence-corrected chi connectivity index (χ2v) is 5.95. The highest BCUT2D eigenvalue weighted by Gasteiger charge is 2.22. The van der Waals surface area contributed by atoms with Gasteiger partial charge in [-0.2, -0.15) is 0 Å². The molecule has 2 aromatic carbocycles. The van der Waals surface area contributed by atoms with Crippen LogP contribution in [0.2, 0.25) is 0 Å². The molecule has 8 heteroatoms. The Kier molecular flexibility index (Phi) is 5.44. The summed E-state index contributed by atoms with van der Waals surface area (Å²) in [6.07, 6.45) is 1.31. The fraction of sp³-hybridized carbons (Fsp3) is 0.211. The van der Waals surface area contributed by atoms with E-state index in [1.165, 1.54) is 18.2 Å². The van der Waals surface area contributed by atoms with Crippen molar-refractivity contribution < 1.29 is 27.9 Å². The lowest BCUT2D eigenvalue weighted by Gasteiger charge is -2.15. The van der Waals surface area contributed by atoms with Crippen molar-refractivity contribution in [3.05, 3.63) is 59.7 Å². The molecule has 0 bridgehead atoms. The number of nitrogens with one attached hydrogen (secondary N) is 1. The topological polar surface area (TPSA) is 75.7 Å². The molecule has 1 heterocycles. The summed E-state index contributed by atoms with van der Waals surface area (Å²) in [6.45, 7) is 0.0664. The molecule has 0 atom stereocenters. The fourth-order valence-electron chi connectivity index (χ4n) is 2.68. The fourth-order valence-corrected chi connectivity index (χ4v) is 2.68. The van der Waals surface area contributed by atoms with Crippen LogP contribution in [0.15, 0.2) is 42.5 Å². The van der Waals surface area contributed by atoms with E-state index in [4.69, 9.17) is 4.74 Å². The molecule has 0 radical (unpaired) electrons. The molecule has 1 aliphatic rings. The summed E-state index contributed by atoms with van der Waals surface area (Å²) in [7, 11) is 0. The number of nitrogens with zero attached hydrogens (tertiary/aromatic N) is 1. The quantitative estimate of drug-likeness (QED) is 0.817. The molecule has 0 spiro atoms. The molecule has 1 fully saturated rings. The largest absolute Gasteiger partial charge is 0.452 e. The van der Waals surface area contributed by atoms with Crippen molar-refractivity contribution >= 4 is 29.2 Å². The lowest BCUT2D eigenvalue weighted by molar-refractivity contribution is -0.119. The van der Waals surface area contributed by atoms with Crippen LogP contribution in [0.4, 0.5) is 20.2 Å². The van der Waals surface area contributed by atoms with Crippen molar-refractivity contribution in [3.63, 3.8) is 0 Å². The van der Waals surface area contributed by atoms with Crippen molar-refractivity contribution in [2.45, 2.75) is 12.8 Å². The second-order valence-electron chi connectivity index (χ2n) is 5.95. The predicted octanol–water partition coefficient (Wildman–Crippen LogP) is 2.89. The first-order chi connectivity index (χ1) is 12.9. The molecule has 2 aromatic rings. The van der Waals surface area contributed by atoms with E-state index >= 15 is 0 Å². The number of carbonyl (C=O) groups is 3. The molecular weight excluding hydrogens is 358 g/mol. The van der Waals surface area contributed by atoms with Crippen molar-refractivity contribution in [2.75, 3.05) is 23.4 Å². The molecule has 27 heavy (non-hydrogen) atoms. The van der Waals surface area contributed by atoms with Gasteiger partial charge in [-0.25, -0.2) is 13.6 Å². The highest BCUT2D eigenvalue weighted by Crippen LogP contribution is 2.21. The van der Waals surface area contributed by atoms with Crippen LogP contribution in [-0.4, -0.2) is 30.9 Å². The predicted molar refractivity (Wildman–Crippen MR) is 93.3 cm³/mol. The van der Waals surface area contributed by atoms with Gasteiger partial charge in [0.1, 0.15) is 0 Å². The number of benzene rings is 2. The number of anilines is 2. The Bertz CT molecular complexity index is 884. The van der Waals surface area contributed by atoms with Gasteiger partial charge in [-0.1, -0.05) is 0 Å². The molecule has 0 unspecified atom stereocenters. The van der Waals surface area contributed by atoms with E-state index < -0.39 is 30.1 Å². The maximum absolute atomic E-state index is 13.1. The molecule has 3 rings (SSSR count). The van der Waals surface area contributed by atoms with E-state index in [9.17, 15) is 23.2 Å². The number of rotatable bonds is 5. The average Bonchev–Trinajstić information content (AvgIpc) is 3.09. The summed E-state index contributed by atoms with van der Waals surface area (Å²) >= 11 is 0. The maximum atomic E-state index is 13.1. The summed E-state index contributed by atoms with van der Waals surface area (Å²) in [6, 6.07) is 9.20. The molecule has 0 aromatic heterocycles. The SMILES string of the molecule is O=C(COC(=O)c1ccc(N2CCCC2=O)cc1)Nc1ccc(F)c(F)c1. The first kappa shape index (κ1) is 18.5. The summed E-state index contributed by atoms with van der Waals surface area (Å²) in [5.74, 6) is -3.48. The van der Waals surface area contributed by atoms with Crippen molar-refractivity contribution in [3.8, 4) is 0 Å². The van der Waals surface area contributed by atoms with Gasteiger partial charge < -0.3 is 15.0 Å². The van der Waals surface area contributed by atoms with Crippen molar-refractivity contribution in [1.29, 1.82) is 0 Å². The summed E-state index contributed by atoms with van der Waals surface area (Å²) in [5.41, 5.74) is 0.978. The van der Waals surface area contributed by atoms with E-state index in [0.717, 1.165) is 18.6 Å².